The van der Waals surface area contributed by atoms with E-state index in [1.807, 2.05) is 17.0 Å². The molecule has 1 atom stereocenters. The lowest BCUT2D eigenvalue weighted by Crippen LogP contribution is -2.47. The van der Waals surface area contributed by atoms with Crippen LogP contribution in [0.4, 0.5) is 10.1 Å². The number of hydrogen-bond acceptors (Lipinski definition) is 6. The molecule has 0 spiro atoms. The van der Waals surface area contributed by atoms with E-state index in [1.165, 1.54) is 17.8 Å². The van der Waals surface area contributed by atoms with Gasteiger partial charge in [-0.3, -0.25) is 9.69 Å². The number of anilines is 1. The summed E-state index contributed by atoms with van der Waals surface area (Å²) in [6.45, 7) is 0.291. The largest absolute Gasteiger partial charge is 0.497 e. The zero-order valence-corrected chi connectivity index (χ0v) is 17.4. The van der Waals surface area contributed by atoms with Crippen LogP contribution in [0.15, 0.2) is 53.1 Å². The van der Waals surface area contributed by atoms with Crippen molar-refractivity contribution in [3.05, 3.63) is 64.4 Å². The van der Waals surface area contributed by atoms with Crippen LogP contribution < -0.4 is 14.4 Å². The fourth-order valence-corrected chi connectivity index (χ4v) is 4.94. The molecule has 1 fully saturated rings. The predicted octanol–water partition coefficient (Wildman–Crippen LogP) is 4.06. The van der Waals surface area contributed by atoms with E-state index in [9.17, 15) is 14.4 Å². The molecule has 4 rings (SSSR count). The third-order valence-electron chi connectivity index (χ3n) is 5.30. The van der Waals surface area contributed by atoms with Gasteiger partial charge in [-0.1, -0.05) is 30.0 Å². The Hall–Kier alpha value is -3.18. The number of allylic oxidation sites excluding steroid dienone is 1. The van der Waals surface area contributed by atoms with Gasteiger partial charge in [0.2, 0.25) is 5.91 Å². The molecule has 0 aromatic heterocycles. The van der Waals surface area contributed by atoms with E-state index >= 15 is 0 Å². The number of halogens is 1. The van der Waals surface area contributed by atoms with Crippen LogP contribution in [-0.4, -0.2) is 37.6 Å². The summed E-state index contributed by atoms with van der Waals surface area (Å²) in [4.78, 5) is 16.6. The molecule has 6 nitrogen and oxygen atoms in total. The number of nitriles is 1. The van der Waals surface area contributed by atoms with Crippen molar-refractivity contribution in [1.29, 1.82) is 5.26 Å². The van der Waals surface area contributed by atoms with Gasteiger partial charge in [0.1, 0.15) is 17.3 Å². The van der Waals surface area contributed by atoms with Crippen molar-refractivity contribution < 1.29 is 18.7 Å². The van der Waals surface area contributed by atoms with Gasteiger partial charge in [-0.05, 0) is 23.8 Å². The first-order valence-electron chi connectivity index (χ1n) is 9.36. The number of amides is 1. The number of benzene rings is 2. The first kappa shape index (κ1) is 20.1. The van der Waals surface area contributed by atoms with Gasteiger partial charge in [-0.15, -0.1) is 0 Å². The highest BCUT2D eigenvalue weighted by atomic mass is 32.2. The second-order valence-corrected chi connectivity index (χ2v) is 7.86. The summed E-state index contributed by atoms with van der Waals surface area (Å²) in [7, 11) is 3.17. The Morgan fingerprint density at radius 3 is 2.70 bits per heavy atom. The van der Waals surface area contributed by atoms with Gasteiger partial charge in [0.15, 0.2) is 0 Å². The molecule has 0 radical (unpaired) electrons. The summed E-state index contributed by atoms with van der Waals surface area (Å²) >= 11 is 1.40. The minimum atomic E-state index is -0.565. The molecule has 0 N–H and O–H groups in total. The second kappa shape index (κ2) is 8.28. The normalized spacial score (nSPS) is 18.7. The molecule has 2 heterocycles. The van der Waals surface area contributed by atoms with E-state index < -0.39 is 11.7 Å². The van der Waals surface area contributed by atoms with Crippen molar-refractivity contribution >= 4 is 23.4 Å². The molecule has 1 saturated heterocycles. The molecule has 8 heteroatoms. The zero-order chi connectivity index (χ0) is 21.3. The molecule has 0 aliphatic carbocycles. The van der Waals surface area contributed by atoms with E-state index in [0.717, 1.165) is 5.69 Å². The quantitative estimate of drug-likeness (QED) is 0.736. The van der Waals surface area contributed by atoms with Gasteiger partial charge >= 0.3 is 0 Å². The molecular formula is C22H20FN3O3S. The fourth-order valence-electron chi connectivity index (χ4n) is 3.78. The number of nitrogens with zero attached hydrogens (tertiary/aromatic N) is 3. The van der Waals surface area contributed by atoms with E-state index in [4.69, 9.17) is 9.47 Å². The lowest BCUT2D eigenvalue weighted by molar-refractivity contribution is -0.129. The number of rotatable bonds is 4. The first-order chi connectivity index (χ1) is 14.6. The summed E-state index contributed by atoms with van der Waals surface area (Å²) in [5.41, 5.74) is 1.65. The highest BCUT2D eigenvalue weighted by Crippen LogP contribution is 2.45. The van der Waals surface area contributed by atoms with Gasteiger partial charge in [-0.2, -0.15) is 5.26 Å². The average molecular weight is 425 g/mol. The Kier molecular flexibility index (Phi) is 5.55. The van der Waals surface area contributed by atoms with Crippen LogP contribution in [0.1, 0.15) is 17.9 Å². The Balaban J connectivity index is 1.68. The van der Waals surface area contributed by atoms with Crippen LogP contribution in [0.3, 0.4) is 0 Å². The van der Waals surface area contributed by atoms with Gasteiger partial charge in [0.05, 0.1) is 49.1 Å². The van der Waals surface area contributed by atoms with Crippen LogP contribution in [0.2, 0.25) is 0 Å². The Morgan fingerprint density at radius 1 is 1.20 bits per heavy atom. The molecule has 2 aromatic rings. The third-order valence-corrected chi connectivity index (χ3v) is 6.46. The molecule has 0 bridgehead atoms. The Labute approximate surface area is 178 Å². The second-order valence-electron chi connectivity index (χ2n) is 6.92. The number of ether oxygens (including phenoxy) is 2. The van der Waals surface area contributed by atoms with Gasteiger partial charge in [-0.25, -0.2) is 4.39 Å². The van der Waals surface area contributed by atoms with E-state index in [0.29, 0.717) is 40.2 Å². The topological polar surface area (TPSA) is 65.8 Å². The van der Waals surface area contributed by atoms with Gasteiger partial charge in [0, 0.05) is 18.4 Å². The van der Waals surface area contributed by atoms with Crippen molar-refractivity contribution in [2.75, 3.05) is 31.7 Å². The summed E-state index contributed by atoms with van der Waals surface area (Å²) in [5.74, 6) is 0.733. The van der Waals surface area contributed by atoms with E-state index in [2.05, 4.69) is 6.07 Å². The average Bonchev–Trinajstić information content (AvgIpc) is 2.78. The maximum Gasteiger partial charge on any atom is 0.229 e. The number of carbonyl (C=O) groups excluding carboxylic acids is 1. The highest BCUT2D eigenvalue weighted by Gasteiger charge is 2.39. The summed E-state index contributed by atoms with van der Waals surface area (Å²) in [6, 6.07) is 14.1. The maximum atomic E-state index is 14.4. The van der Waals surface area contributed by atoms with Crippen molar-refractivity contribution in [2.24, 2.45) is 0 Å². The summed E-state index contributed by atoms with van der Waals surface area (Å²) in [6.07, 6.45) is 0.0570. The Morgan fingerprint density at radius 2 is 2.00 bits per heavy atom. The van der Waals surface area contributed by atoms with Crippen LogP contribution in [0.25, 0.3) is 0 Å². The first-order valence-corrected chi connectivity index (χ1v) is 10.3. The predicted molar refractivity (Wildman–Crippen MR) is 113 cm³/mol. The smallest absolute Gasteiger partial charge is 0.229 e. The van der Waals surface area contributed by atoms with Crippen LogP contribution in [-0.2, 0) is 4.79 Å². The SMILES string of the molecule is COc1ccc(N2CSC3=C(C#N)C(c4ccccc4F)CC(=O)N3C2)c(OC)c1. The minimum absolute atomic E-state index is 0.0570. The molecule has 154 valence electrons. The standard InChI is InChI=1S/C22H20FN3O3S/c1-28-14-7-8-19(20(9-14)29-2)25-12-26-21(27)10-16(15-5-3-4-6-18(15)23)17(11-24)22(26)30-13-25/h3-9,16H,10,12-13H2,1-2H3. The number of hydrogen-bond donors (Lipinski definition) is 0. The fraction of sp³-hybridized carbons (Fsp3) is 0.273. The van der Waals surface area contributed by atoms with Crippen LogP contribution in [0, 0.1) is 17.1 Å². The summed E-state index contributed by atoms with van der Waals surface area (Å²) in [5, 5.41) is 10.4. The Bertz CT molecular complexity index is 1070. The highest BCUT2D eigenvalue weighted by molar-refractivity contribution is 8.03. The van der Waals surface area contributed by atoms with Crippen molar-refractivity contribution in [2.45, 2.75) is 12.3 Å². The lowest BCUT2D eigenvalue weighted by atomic mass is 9.86. The molecule has 2 aliphatic rings. The summed E-state index contributed by atoms with van der Waals surface area (Å²) < 4.78 is 25.1. The number of thioether (sulfide) groups is 1. The third kappa shape index (κ3) is 3.46. The van der Waals surface area contributed by atoms with Crippen LogP contribution >= 0.6 is 11.8 Å². The number of carbonyl (C=O) groups is 1. The number of methoxy groups -OCH3 is 2. The van der Waals surface area contributed by atoms with Gasteiger partial charge < -0.3 is 14.4 Å². The van der Waals surface area contributed by atoms with Crippen molar-refractivity contribution in [3.63, 3.8) is 0 Å². The van der Waals surface area contributed by atoms with Gasteiger partial charge in [0.25, 0.3) is 0 Å². The number of fused-ring (bicyclic) bond motifs is 1. The molecule has 1 amide bonds. The van der Waals surface area contributed by atoms with E-state index in [1.54, 1.807) is 43.4 Å². The molecule has 2 aliphatic heterocycles. The monoisotopic (exact) mass is 425 g/mol. The zero-order valence-electron chi connectivity index (χ0n) is 16.6. The maximum absolute atomic E-state index is 14.4. The molecular weight excluding hydrogens is 405 g/mol. The van der Waals surface area contributed by atoms with E-state index in [-0.39, 0.29) is 12.3 Å². The molecule has 0 saturated carbocycles. The molecule has 30 heavy (non-hydrogen) atoms. The van der Waals surface area contributed by atoms with Crippen LogP contribution in [0.5, 0.6) is 11.5 Å². The minimum Gasteiger partial charge on any atom is -0.497 e. The van der Waals surface area contributed by atoms with Crippen molar-refractivity contribution in [1.82, 2.24) is 4.90 Å². The molecule has 2 aromatic carbocycles. The van der Waals surface area contributed by atoms with Crippen molar-refractivity contribution in [3.8, 4) is 17.6 Å². The lowest BCUT2D eigenvalue weighted by Gasteiger charge is -2.42. The molecule has 1 unspecified atom stereocenters.